The smallest absolute Gasteiger partial charge is 0.262 e. The quantitative estimate of drug-likeness (QED) is 0.564. The molecular weight excluding hydrogens is 432 g/mol. The normalized spacial score (nSPS) is 15.6. The number of thiophene rings is 1. The van der Waals surface area contributed by atoms with Crippen LogP contribution in [-0.4, -0.2) is 47.7 Å². The monoisotopic (exact) mass is 456 g/mol. The molecule has 1 atom stereocenters. The number of ether oxygens (including phenoxy) is 2. The predicted octanol–water partition coefficient (Wildman–Crippen LogP) is 2.32. The van der Waals surface area contributed by atoms with Crippen LogP contribution in [0.5, 0.6) is 5.75 Å². The van der Waals surface area contributed by atoms with Gasteiger partial charge in [0.2, 0.25) is 5.91 Å². The van der Waals surface area contributed by atoms with Crippen LogP contribution in [0.25, 0.3) is 10.2 Å². The van der Waals surface area contributed by atoms with Crippen molar-refractivity contribution in [2.24, 2.45) is 0 Å². The summed E-state index contributed by atoms with van der Waals surface area (Å²) in [4.78, 5) is 43.4. The van der Waals surface area contributed by atoms with Gasteiger partial charge in [0.25, 0.3) is 11.5 Å². The molecule has 2 aromatic heterocycles. The summed E-state index contributed by atoms with van der Waals surface area (Å²) >= 11 is 1.17. The Balaban J connectivity index is 1.52. The second-order valence-electron chi connectivity index (χ2n) is 7.51. The molecule has 0 spiro atoms. The zero-order valence-electron chi connectivity index (χ0n) is 17.8. The van der Waals surface area contributed by atoms with Crippen molar-refractivity contribution < 1.29 is 19.1 Å². The molecule has 0 aliphatic carbocycles. The molecule has 9 nitrogen and oxygen atoms in total. The number of anilines is 1. The van der Waals surface area contributed by atoms with Crippen molar-refractivity contribution in [2.45, 2.75) is 32.4 Å². The molecule has 0 unspecified atom stereocenters. The number of hydrogen-bond donors (Lipinski definition) is 2. The Morgan fingerprint density at radius 2 is 2.16 bits per heavy atom. The van der Waals surface area contributed by atoms with Crippen molar-refractivity contribution in [3.8, 4) is 5.75 Å². The van der Waals surface area contributed by atoms with Crippen LogP contribution in [0.15, 0.2) is 35.4 Å². The molecule has 32 heavy (non-hydrogen) atoms. The predicted molar refractivity (Wildman–Crippen MR) is 122 cm³/mol. The SMILES string of the molecule is COc1ccccc1NC(=O)Cn1cnc2sc(C(=O)NC[C@H]3CCCO3)c(C)c2c1=O. The minimum absolute atomic E-state index is 0.0331. The average molecular weight is 457 g/mol. The molecule has 168 valence electrons. The largest absolute Gasteiger partial charge is 0.495 e. The molecule has 2 amide bonds. The first kappa shape index (κ1) is 22.0. The van der Waals surface area contributed by atoms with Crippen LogP contribution >= 0.6 is 11.3 Å². The maximum Gasteiger partial charge on any atom is 0.262 e. The highest BCUT2D eigenvalue weighted by Crippen LogP contribution is 2.27. The summed E-state index contributed by atoms with van der Waals surface area (Å²) in [6.45, 7) is 2.67. The molecule has 10 heteroatoms. The van der Waals surface area contributed by atoms with E-state index < -0.39 is 0 Å². The Labute approximate surface area is 188 Å². The minimum Gasteiger partial charge on any atom is -0.495 e. The van der Waals surface area contributed by atoms with Crippen LogP contribution in [0.4, 0.5) is 5.69 Å². The van der Waals surface area contributed by atoms with E-state index in [-0.39, 0.29) is 30.0 Å². The molecule has 1 aliphatic heterocycles. The number of nitrogens with one attached hydrogen (secondary N) is 2. The lowest BCUT2D eigenvalue weighted by molar-refractivity contribution is -0.116. The van der Waals surface area contributed by atoms with Crippen molar-refractivity contribution in [1.82, 2.24) is 14.9 Å². The van der Waals surface area contributed by atoms with Gasteiger partial charge in [0.1, 0.15) is 17.1 Å². The van der Waals surface area contributed by atoms with Gasteiger partial charge in [0, 0.05) is 13.2 Å². The van der Waals surface area contributed by atoms with Crippen molar-refractivity contribution in [3.05, 3.63) is 51.4 Å². The van der Waals surface area contributed by atoms with Gasteiger partial charge in [-0.2, -0.15) is 0 Å². The lowest BCUT2D eigenvalue weighted by Crippen LogP contribution is -2.31. The number of para-hydroxylation sites is 2. The molecule has 3 heterocycles. The molecule has 3 aromatic rings. The zero-order valence-corrected chi connectivity index (χ0v) is 18.7. The Hall–Kier alpha value is -3.24. The molecule has 4 rings (SSSR count). The van der Waals surface area contributed by atoms with E-state index in [0.717, 1.165) is 19.4 Å². The van der Waals surface area contributed by atoms with Crippen LogP contribution < -0.4 is 20.9 Å². The summed E-state index contributed by atoms with van der Waals surface area (Å²) in [5, 5.41) is 5.97. The van der Waals surface area contributed by atoms with Gasteiger partial charge in [-0.25, -0.2) is 4.98 Å². The number of rotatable bonds is 7. The molecule has 2 N–H and O–H groups in total. The fraction of sp³-hybridized carbons (Fsp3) is 0.364. The number of methoxy groups -OCH3 is 1. The van der Waals surface area contributed by atoms with E-state index in [2.05, 4.69) is 15.6 Å². The van der Waals surface area contributed by atoms with Crippen LogP contribution in [-0.2, 0) is 16.1 Å². The number of hydrogen-bond acceptors (Lipinski definition) is 7. The van der Waals surface area contributed by atoms with Crippen molar-refractivity contribution in [3.63, 3.8) is 0 Å². The van der Waals surface area contributed by atoms with Gasteiger partial charge in [-0.05, 0) is 37.5 Å². The van der Waals surface area contributed by atoms with E-state index in [1.54, 1.807) is 31.2 Å². The topological polar surface area (TPSA) is 112 Å². The molecule has 1 aromatic carbocycles. The number of carbonyl (C=O) groups is 2. The highest BCUT2D eigenvalue weighted by molar-refractivity contribution is 7.20. The third kappa shape index (κ3) is 4.51. The second kappa shape index (κ2) is 9.49. The third-order valence-corrected chi connectivity index (χ3v) is 6.53. The zero-order chi connectivity index (χ0) is 22.7. The summed E-state index contributed by atoms with van der Waals surface area (Å²) in [6.07, 6.45) is 3.28. The van der Waals surface area contributed by atoms with Gasteiger partial charge < -0.3 is 20.1 Å². The highest BCUT2D eigenvalue weighted by Gasteiger charge is 2.22. The standard InChI is InChI=1S/C22H24N4O5S/c1-13-18-21(32-19(13)20(28)23-10-14-6-5-9-31-14)24-12-26(22(18)29)11-17(27)25-15-7-3-4-8-16(15)30-2/h3-4,7-8,12,14H,5-6,9-11H2,1-2H3,(H,23,28)(H,25,27)/t14-/m1/s1. The van der Waals surface area contributed by atoms with Crippen LogP contribution in [0, 0.1) is 6.92 Å². The molecule has 1 aliphatic rings. The first-order valence-electron chi connectivity index (χ1n) is 10.3. The number of fused-ring (bicyclic) bond motifs is 1. The lowest BCUT2D eigenvalue weighted by Gasteiger charge is -2.10. The van der Waals surface area contributed by atoms with Gasteiger partial charge in [-0.3, -0.25) is 19.0 Å². The van der Waals surface area contributed by atoms with E-state index in [4.69, 9.17) is 9.47 Å². The van der Waals surface area contributed by atoms with Gasteiger partial charge in [-0.1, -0.05) is 12.1 Å². The summed E-state index contributed by atoms with van der Waals surface area (Å²) in [5.74, 6) is -0.116. The summed E-state index contributed by atoms with van der Waals surface area (Å²) in [5.41, 5.74) is 0.711. The van der Waals surface area contributed by atoms with Gasteiger partial charge in [0.05, 0.1) is 35.5 Å². The van der Waals surface area contributed by atoms with Crippen molar-refractivity contribution >= 4 is 39.1 Å². The van der Waals surface area contributed by atoms with E-state index in [1.807, 2.05) is 0 Å². The Morgan fingerprint density at radius 1 is 1.34 bits per heavy atom. The number of aromatic nitrogens is 2. The maximum absolute atomic E-state index is 13.0. The van der Waals surface area contributed by atoms with Crippen LogP contribution in [0.2, 0.25) is 0 Å². The second-order valence-corrected chi connectivity index (χ2v) is 8.51. The molecular formula is C22H24N4O5S. The molecule has 0 saturated carbocycles. The summed E-state index contributed by atoms with van der Waals surface area (Å²) < 4.78 is 12.0. The molecule has 0 radical (unpaired) electrons. The van der Waals surface area contributed by atoms with E-state index >= 15 is 0 Å². The Kier molecular flexibility index (Phi) is 6.52. The number of nitrogens with zero attached hydrogens (tertiary/aromatic N) is 2. The number of aryl methyl sites for hydroxylation is 1. The van der Waals surface area contributed by atoms with E-state index in [0.29, 0.717) is 38.6 Å². The van der Waals surface area contributed by atoms with Gasteiger partial charge >= 0.3 is 0 Å². The molecule has 1 saturated heterocycles. The van der Waals surface area contributed by atoms with E-state index in [1.165, 1.54) is 29.3 Å². The van der Waals surface area contributed by atoms with Crippen LogP contribution in [0.3, 0.4) is 0 Å². The fourth-order valence-electron chi connectivity index (χ4n) is 3.67. The summed E-state index contributed by atoms with van der Waals surface area (Å²) in [7, 11) is 1.52. The maximum atomic E-state index is 13.0. The molecule has 1 fully saturated rings. The fourth-order valence-corrected chi connectivity index (χ4v) is 4.73. The molecule has 0 bridgehead atoms. The number of amides is 2. The van der Waals surface area contributed by atoms with Crippen molar-refractivity contribution in [2.75, 3.05) is 25.6 Å². The lowest BCUT2D eigenvalue weighted by atomic mass is 10.2. The number of benzene rings is 1. The van der Waals surface area contributed by atoms with Gasteiger partial charge in [-0.15, -0.1) is 11.3 Å². The van der Waals surface area contributed by atoms with Crippen molar-refractivity contribution in [1.29, 1.82) is 0 Å². The minimum atomic E-state index is -0.389. The summed E-state index contributed by atoms with van der Waals surface area (Å²) in [6, 6.07) is 7.02. The average Bonchev–Trinajstić information content (AvgIpc) is 3.42. The van der Waals surface area contributed by atoms with Crippen LogP contribution in [0.1, 0.15) is 28.1 Å². The Morgan fingerprint density at radius 3 is 2.91 bits per heavy atom. The van der Waals surface area contributed by atoms with E-state index in [9.17, 15) is 14.4 Å². The Bertz CT molecular complexity index is 1210. The number of carbonyl (C=O) groups excluding carboxylic acids is 2. The van der Waals surface area contributed by atoms with Gasteiger partial charge in [0.15, 0.2) is 0 Å². The highest BCUT2D eigenvalue weighted by atomic mass is 32.1. The first-order chi connectivity index (χ1) is 15.5. The first-order valence-corrected chi connectivity index (χ1v) is 11.1. The third-order valence-electron chi connectivity index (χ3n) is 5.33.